The molecule has 0 atom stereocenters. The average Bonchev–Trinajstić information content (AvgIpc) is 3.20. The molecule has 1 heterocycles. The maximum atomic E-state index is 12.7. The zero-order valence-corrected chi connectivity index (χ0v) is 12.0. The van der Waals surface area contributed by atoms with Crippen molar-refractivity contribution in [1.82, 2.24) is 4.90 Å². The molecule has 0 saturated heterocycles. The van der Waals surface area contributed by atoms with Crippen LogP contribution in [0, 0.1) is 0 Å². The lowest BCUT2D eigenvalue weighted by Crippen LogP contribution is -2.35. The molecule has 0 bridgehead atoms. The Kier molecular flexibility index (Phi) is 3.85. The van der Waals surface area contributed by atoms with Crippen molar-refractivity contribution in [1.29, 1.82) is 0 Å². The molecule has 20 heavy (non-hydrogen) atoms. The van der Waals surface area contributed by atoms with Crippen LogP contribution >= 0.6 is 11.3 Å². The van der Waals surface area contributed by atoms with Crippen molar-refractivity contribution in [2.24, 2.45) is 0 Å². The second-order valence-electron chi connectivity index (χ2n) is 4.98. The smallest absolute Gasteiger partial charge is 0.264 e. The van der Waals surface area contributed by atoms with Crippen LogP contribution in [-0.4, -0.2) is 35.1 Å². The molecule has 1 aliphatic carbocycles. The molecule has 1 amide bonds. The summed E-state index contributed by atoms with van der Waals surface area (Å²) in [6, 6.07) is 12.3. The summed E-state index contributed by atoms with van der Waals surface area (Å²) in [6.07, 6.45) is 2.11. The van der Waals surface area contributed by atoms with E-state index in [2.05, 4.69) is 0 Å². The Labute approximate surface area is 122 Å². The second kappa shape index (κ2) is 5.77. The highest BCUT2D eigenvalue weighted by molar-refractivity contribution is 7.12. The first kappa shape index (κ1) is 13.3. The van der Waals surface area contributed by atoms with Gasteiger partial charge >= 0.3 is 0 Å². The minimum Gasteiger partial charge on any atom is -0.395 e. The fraction of sp³-hybridized carbons (Fsp3) is 0.312. The van der Waals surface area contributed by atoms with E-state index >= 15 is 0 Å². The Morgan fingerprint density at radius 3 is 2.65 bits per heavy atom. The van der Waals surface area contributed by atoms with Crippen LogP contribution in [0.15, 0.2) is 41.8 Å². The summed E-state index contributed by atoms with van der Waals surface area (Å²) in [7, 11) is 0. The molecule has 0 radical (unpaired) electrons. The number of amides is 1. The van der Waals surface area contributed by atoms with Crippen LogP contribution in [0.5, 0.6) is 0 Å². The van der Waals surface area contributed by atoms with Gasteiger partial charge in [0.25, 0.3) is 5.91 Å². The minimum atomic E-state index is 0.0221. The predicted molar refractivity (Wildman–Crippen MR) is 80.9 cm³/mol. The molecule has 1 N–H and O–H groups in total. The van der Waals surface area contributed by atoms with Crippen molar-refractivity contribution in [2.45, 2.75) is 18.9 Å². The van der Waals surface area contributed by atoms with E-state index in [-0.39, 0.29) is 12.5 Å². The van der Waals surface area contributed by atoms with Crippen molar-refractivity contribution in [3.05, 3.63) is 46.7 Å². The molecule has 0 spiro atoms. The first-order valence-electron chi connectivity index (χ1n) is 6.86. The quantitative estimate of drug-likeness (QED) is 0.918. The first-order chi connectivity index (χ1) is 9.81. The summed E-state index contributed by atoms with van der Waals surface area (Å²) < 4.78 is 0. The summed E-state index contributed by atoms with van der Waals surface area (Å²) in [5.74, 6) is 0.0513. The molecule has 1 aromatic heterocycles. The lowest BCUT2D eigenvalue weighted by Gasteiger charge is -2.21. The van der Waals surface area contributed by atoms with E-state index in [9.17, 15) is 4.79 Å². The van der Waals surface area contributed by atoms with Gasteiger partial charge in [0.05, 0.1) is 11.5 Å². The van der Waals surface area contributed by atoms with Crippen molar-refractivity contribution in [3.63, 3.8) is 0 Å². The lowest BCUT2D eigenvalue weighted by atomic mass is 10.1. The third-order valence-corrected chi connectivity index (χ3v) is 4.44. The van der Waals surface area contributed by atoms with Gasteiger partial charge in [-0.25, -0.2) is 0 Å². The van der Waals surface area contributed by atoms with Gasteiger partial charge in [-0.05, 0) is 29.9 Å². The van der Waals surface area contributed by atoms with Crippen LogP contribution in [0.25, 0.3) is 11.1 Å². The van der Waals surface area contributed by atoms with E-state index in [1.54, 1.807) is 0 Å². The first-order valence-corrected chi connectivity index (χ1v) is 7.74. The SMILES string of the molecule is O=C(c1sccc1-c1ccccc1)N(CCO)C1CC1. The number of rotatable bonds is 5. The molecule has 1 saturated carbocycles. The summed E-state index contributed by atoms with van der Waals surface area (Å²) in [4.78, 5) is 15.3. The summed E-state index contributed by atoms with van der Waals surface area (Å²) in [5, 5.41) is 11.1. The highest BCUT2D eigenvalue weighted by atomic mass is 32.1. The molecule has 2 aromatic rings. The summed E-state index contributed by atoms with van der Waals surface area (Å²) >= 11 is 1.48. The Morgan fingerprint density at radius 2 is 2.00 bits per heavy atom. The molecule has 104 valence electrons. The molecule has 3 rings (SSSR count). The van der Waals surface area contributed by atoms with Gasteiger partial charge in [0.15, 0.2) is 0 Å². The Morgan fingerprint density at radius 1 is 1.25 bits per heavy atom. The van der Waals surface area contributed by atoms with Gasteiger partial charge in [-0.3, -0.25) is 4.79 Å². The summed E-state index contributed by atoms with van der Waals surface area (Å²) in [5.41, 5.74) is 2.06. The number of aliphatic hydroxyl groups is 1. The van der Waals surface area contributed by atoms with E-state index in [4.69, 9.17) is 5.11 Å². The van der Waals surface area contributed by atoms with Gasteiger partial charge < -0.3 is 10.0 Å². The topological polar surface area (TPSA) is 40.5 Å². The van der Waals surface area contributed by atoms with E-state index in [0.717, 1.165) is 28.8 Å². The van der Waals surface area contributed by atoms with Crippen LogP contribution in [0.1, 0.15) is 22.5 Å². The molecule has 1 aromatic carbocycles. The number of carbonyl (C=O) groups excluding carboxylic acids is 1. The lowest BCUT2D eigenvalue weighted by molar-refractivity contribution is 0.0713. The maximum Gasteiger partial charge on any atom is 0.264 e. The number of hydrogen-bond donors (Lipinski definition) is 1. The second-order valence-corrected chi connectivity index (χ2v) is 5.90. The van der Waals surface area contributed by atoms with E-state index in [1.807, 2.05) is 46.7 Å². The monoisotopic (exact) mass is 287 g/mol. The number of aliphatic hydroxyl groups excluding tert-OH is 1. The fourth-order valence-corrected chi connectivity index (χ4v) is 3.27. The van der Waals surface area contributed by atoms with E-state index in [0.29, 0.717) is 12.6 Å². The molecule has 0 unspecified atom stereocenters. The van der Waals surface area contributed by atoms with Crippen molar-refractivity contribution < 1.29 is 9.90 Å². The van der Waals surface area contributed by atoms with Crippen LogP contribution in [0.3, 0.4) is 0 Å². The zero-order chi connectivity index (χ0) is 13.9. The van der Waals surface area contributed by atoms with E-state index < -0.39 is 0 Å². The number of thiophene rings is 1. The molecule has 3 nitrogen and oxygen atoms in total. The van der Waals surface area contributed by atoms with Crippen LogP contribution in [0.4, 0.5) is 0 Å². The van der Waals surface area contributed by atoms with Gasteiger partial charge in [0.1, 0.15) is 0 Å². The zero-order valence-electron chi connectivity index (χ0n) is 11.2. The number of nitrogens with zero attached hydrogens (tertiary/aromatic N) is 1. The molecule has 4 heteroatoms. The summed E-state index contributed by atoms with van der Waals surface area (Å²) in [6.45, 7) is 0.448. The van der Waals surface area contributed by atoms with Crippen molar-refractivity contribution in [2.75, 3.05) is 13.2 Å². The van der Waals surface area contributed by atoms with Gasteiger partial charge in [0, 0.05) is 18.2 Å². The molecular weight excluding hydrogens is 270 g/mol. The van der Waals surface area contributed by atoms with Crippen molar-refractivity contribution in [3.8, 4) is 11.1 Å². The normalized spacial score (nSPS) is 14.2. The van der Waals surface area contributed by atoms with Gasteiger partial charge in [-0.15, -0.1) is 11.3 Å². The largest absolute Gasteiger partial charge is 0.395 e. The Balaban J connectivity index is 1.90. The highest BCUT2D eigenvalue weighted by Gasteiger charge is 2.33. The fourth-order valence-electron chi connectivity index (χ4n) is 2.39. The van der Waals surface area contributed by atoms with Crippen LogP contribution in [-0.2, 0) is 0 Å². The van der Waals surface area contributed by atoms with Crippen LogP contribution in [0.2, 0.25) is 0 Å². The minimum absolute atomic E-state index is 0.0221. The van der Waals surface area contributed by atoms with Gasteiger partial charge in [-0.2, -0.15) is 0 Å². The maximum absolute atomic E-state index is 12.7. The average molecular weight is 287 g/mol. The Hall–Kier alpha value is -1.65. The number of benzene rings is 1. The predicted octanol–water partition coefficient (Wildman–Crippen LogP) is 3.01. The Bertz CT molecular complexity index is 590. The molecule has 1 fully saturated rings. The number of hydrogen-bond acceptors (Lipinski definition) is 3. The van der Waals surface area contributed by atoms with Crippen LogP contribution < -0.4 is 0 Å². The molecule has 0 aliphatic heterocycles. The standard InChI is InChI=1S/C16H17NO2S/c18-10-9-17(13-6-7-13)16(19)15-14(8-11-20-15)12-4-2-1-3-5-12/h1-5,8,11,13,18H,6-7,9-10H2. The number of carbonyl (C=O) groups is 1. The highest BCUT2D eigenvalue weighted by Crippen LogP contribution is 2.33. The molecular formula is C16H17NO2S. The third-order valence-electron chi connectivity index (χ3n) is 3.53. The van der Waals surface area contributed by atoms with Gasteiger partial charge in [-0.1, -0.05) is 30.3 Å². The van der Waals surface area contributed by atoms with Gasteiger partial charge in [0.2, 0.25) is 0 Å². The van der Waals surface area contributed by atoms with E-state index in [1.165, 1.54) is 11.3 Å². The third kappa shape index (κ3) is 2.62. The molecule has 1 aliphatic rings. The van der Waals surface area contributed by atoms with Crippen molar-refractivity contribution >= 4 is 17.2 Å².